The van der Waals surface area contributed by atoms with Crippen molar-refractivity contribution in [3.8, 4) is 5.88 Å². The number of hydrogen-bond acceptors (Lipinski definition) is 6. The van der Waals surface area contributed by atoms with Gasteiger partial charge in [-0.05, 0) is 38.2 Å². The summed E-state index contributed by atoms with van der Waals surface area (Å²) in [5.74, 6) is 0.991. The quantitative estimate of drug-likeness (QED) is 0.806. The van der Waals surface area contributed by atoms with Crippen LogP contribution in [0.3, 0.4) is 0 Å². The molecule has 2 heterocycles. The minimum Gasteiger partial charge on any atom is -0.476 e. The topological polar surface area (TPSA) is 93.5 Å². The van der Waals surface area contributed by atoms with Crippen LogP contribution in [0.1, 0.15) is 12.7 Å². The third-order valence-corrected chi connectivity index (χ3v) is 3.96. The van der Waals surface area contributed by atoms with E-state index in [1.54, 1.807) is 18.3 Å². The highest BCUT2D eigenvalue weighted by Gasteiger charge is 2.16. The number of ether oxygens (including phenoxy) is 1. The first-order chi connectivity index (χ1) is 10.1. The second-order valence-corrected chi connectivity index (χ2v) is 5.89. The largest absolute Gasteiger partial charge is 0.476 e. The van der Waals surface area contributed by atoms with Crippen LogP contribution in [0, 0.1) is 0 Å². The molecule has 114 valence electrons. The van der Waals surface area contributed by atoms with Gasteiger partial charge in [-0.3, -0.25) is 0 Å². The Labute approximate surface area is 123 Å². The van der Waals surface area contributed by atoms with Gasteiger partial charge >= 0.3 is 0 Å². The molecule has 2 aromatic heterocycles. The number of rotatable bonds is 7. The van der Waals surface area contributed by atoms with Crippen molar-refractivity contribution in [2.75, 3.05) is 19.0 Å². The molecule has 7 nitrogen and oxygen atoms in total. The molecule has 0 spiro atoms. The van der Waals surface area contributed by atoms with Crippen molar-refractivity contribution in [3.05, 3.63) is 36.2 Å². The summed E-state index contributed by atoms with van der Waals surface area (Å²) >= 11 is 0. The Morgan fingerprint density at radius 2 is 2.14 bits per heavy atom. The molecular formula is C13H17N3O4S. The Morgan fingerprint density at radius 1 is 1.33 bits per heavy atom. The lowest BCUT2D eigenvalue weighted by Crippen LogP contribution is -2.17. The maximum Gasteiger partial charge on any atom is 0.273 e. The Hall–Kier alpha value is -2.06. The summed E-state index contributed by atoms with van der Waals surface area (Å²) < 4.78 is 36.0. The molecule has 0 aliphatic heterocycles. The summed E-state index contributed by atoms with van der Waals surface area (Å²) in [6.07, 6.45) is 1.64. The molecule has 21 heavy (non-hydrogen) atoms. The summed E-state index contributed by atoms with van der Waals surface area (Å²) in [6.45, 7) is 2.71. The number of hydrogen-bond donors (Lipinski definition) is 2. The zero-order chi connectivity index (χ0) is 15.3. The minimum absolute atomic E-state index is 0.113. The molecule has 0 unspecified atom stereocenters. The molecule has 8 heteroatoms. The molecule has 0 bridgehead atoms. The zero-order valence-corrected chi connectivity index (χ0v) is 12.6. The van der Waals surface area contributed by atoms with E-state index >= 15 is 0 Å². The smallest absolute Gasteiger partial charge is 0.273 e. The van der Waals surface area contributed by atoms with Crippen LogP contribution in [-0.2, 0) is 16.6 Å². The number of nitrogens with zero attached hydrogens (tertiary/aromatic N) is 1. The molecule has 0 radical (unpaired) electrons. The zero-order valence-electron chi connectivity index (χ0n) is 11.8. The van der Waals surface area contributed by atoms with Gasteiger partial charge in [0, 0.05) is 6.20 Å². The molecular weight excluding hydrogens is 294 g/mol. The second kappa shape index (κ2) is 6.59. The second-order valence-electron chi connectivity index (χ2n) is 4.07. The van der Waals surface area contributed by atoms with Gasteiger partial charge in [0.25, 0.3) is 10.0 Å². The van der Waals surface area contributed by atoms with Gasteiger partial charge in [-0.25, -0.2) is 18.1 Å². The lowest BCUT2D eigenvalue weighted by Gasteiger charge is -2.09. The number of furan rings is 1. The van der Waals surface area contributed by atoms with Gasteiger partial charge in [0.05, 0.1) is 18.8 Å². The SMILES string of the molecule is CCOc1ncccc1NCc1ccc(S(=O)(=O)NC)o1. The van der Waals surface area contributed by atoms with Crippen LogP contribution in [0.4, 0.5) is 5.69 Å². The highest BCUT2D eigenvalue weighted by Crippen LogP contribution is 2.22. The molecule has 0 saturated carbocycles. The van der Waals surface area contributed by atoms with Gasteiger partial charge in [0.15, 0.2) is 0 Å². The number of pyridine rings is 1. The first-order valence-corrected chi connectivity index (χ1v) is 7.89. The third kappa shape index (κ3) is 3.73. The molecule has 0 atom stereocenters. The molecule has 0 aliphatic carbocycles. The molecule has 0 saturated heterocycles. The van der Waals surface area contributed by atoms with Crippen LogP contribution in [0.25, 0.3) is 0 Å². The fraction of sp³-hybridized carbons (Fsp3) is 0.308. The molecule has 2 N–H and O–H groups in total. The van der Waals surface area contributed by atoms with E-state index in [0.29, 0.717) is 30.5 Å². The molecule has 0 amide bonds. The van der Waals surface area contributed by atoms with E-state index in [9.17, 15) is 8.42 Å². The van der Waals surface area contributed by atoms with Gasteiger partial charge in [-0.2, -0.15) is 0 Å². The van der Waals surface area contributed by atoms with E-state index in [2.05, 4.69) is 15.0 Å². The minimum atomic E-state index is -3.56. The number of anilines is 1. The predicted molar refractivity (Wildman–Crippen MR) is 77.7 cm³/mol. The van der Waals surface area contributed by atoms with Crippen LogP contribution < -0.4 is 14.8 Å². The van der Waals surface area contributed by atoms with Crippen LogP contribution in [0.5, 0.6) is 5.88 Å². The monoisotopic (exact) mass is 311 g/mol. The molecule has 0 aromatic carbocycles. The maximum absolute atomic E-state index is 11.6. The van der Waals surface area contributed by atoms with Crippen molar-refractivity contribution in [1.82, 2.24) is 9.71 Å². The van der Waals surface area contributed by atoms with Crippen LogP contribution in [0.2, 0.25) is 0 Å². The Morgan fingerprint density at radius 3 is 2.86 bits per heavy atom. The summed E-state index contributed by atoms with van der Waals surface area (Å²) in [4.78, 5) is 4.12. The van der Waals surface area contributed by atoms with Gasteiger partial charge in [-0.1, -0.05) is 0 Å². The van der Waals surface area contributed by atoms with E-state index in [-0.39, 0.29) is 5.09 Å². The maximum atomic E-state index is 11.6. The molecule has 0 fully saturated rings. The van der Waals surface area contributed by atoms with Crippen molar-refractivity contribution in [2.45, 2.75) is 18.6 Å². The molecule has 0 aliphatic rings. The standard InChI is InChI=1S/C13H17N3O4S/c1-3-19-13-11(5-4-8-15-13)16-9-10-6-7-12(20-10)21(17,18)14-2/h4-8,14,16H,3,9H2,1-2H3. The van der Waals surface area contributed by atoms with E-state index in [4.69, 9.17) is 9.15 Å². The van der Waals surface area contributed by atoms with Crippen molar-refractivity contribution in [2.24, 2.45) is 0 Å². The van der Waals surface area contributed by atoms with Crippen molar-refractivity contribution in [3.63, 3.8) is 0 Å². The Balaban J connectivity index is 2.07. The van der Waals surface area contributed by atoms with E-state index in [1.165, 1.54) is 13.1 Å². The van der Waals surface area contributed by atoms with E-state index in [0.717, 1.165) is 0 Å². The highest BCUT2D eigenvalue weighted by molar-refractivity contribution is 7.89. The lowest BCUT2D eigenvalue weighted by molar-refractivity contribution is 0.328. The Bertz CT molecular complexity index is 697. The molecule has 2 aromatic rings. The number of aromatic nitrogens is 1. The number of nitrogens with one attached hydrogen (secondary N) is 2. The van der Waals surface area contributed by atoms with E-state index < -0.39 is 10.0 Å². The summed E-state index contributed by atoms with van der Waals surface area (Å²) in [7, 11) is -2.23. The van der Waals surface area contributed by atoms with Gasteiger partial charge < -0.3 is 14.5 Å². The average molecular weight is 311 g/mol. The van der Waals surface area contributed by atoms with Crippen LogP contribution in [-0.4, -0.2) is 27.1 Å². The fourth-order valence-corrected chi connectivity index (χ4v) is 2.32. The van der Waals surface area contributed by atoms with Crippen LogP contribution >= 0.6 is 0 Å². The summed E-state index contributed by atoms with van der Waals surface area (Å²) in [5.41, 5.74) is 0.716. The van der Waals surface area contributed by atoms with Crippen molar-refractivity contribution in [1.29, 1.82) is 0 Å². The van der Waals surface area contributed by atoms with Gasteiger partial charge in [-0.15, -0.1) is 0 Å². The third-order valence-electron chi connectivity index (χ3n) is 2.68. The fourth-order valence-electron chi connectivity index (χ4n) is 1.66. The lowest BCUT2D eigenvalue weighted by atomic mass is 10.3. The van der Waals surface area contributed by atoms with Crippen molar-refractivity contribution < 1.29 is 17.6 Å². The normalized spacial score (nSPS) is 11.3. The van der Waals surface area contributed by atoms with Crippen LogP contribution in [0.15, 0.2) is 40.0 Å². The van der Waals surface area contributed by atoms with Gasteiger partial charge in [0.2, 0.25) is 11.0 Å². The van der Waals surface area contributed by atoms with Crippen molar-refractivity contribution >= 4 is 15.7 Å². The predicted octanol–water partition coefficient (Wildman–Crippen LogP) is 1.59. The van der Waals surface area contributed by atoms with Gasteiger partial charge in [0.1, 0.15) is 5.76 Å². The summed E-state index contributed by atoms with van der Waals surface area (Å²) in [6, 6.07) is 6.62. The highest BCUT2D eigenvalue weighted by atomic mass is 32.2. The van der Waals surface area contributed by atoms with E-state index in [1.807, 2.05) is 13.0 Å². The first-order valence-electron chi connectivity index (χ1n) is 6.40. The molecule has 2 rings (SSSR count). The Kier molecular flexibility index (Phi) is 4.81. The average Bonchev–Trinajstić information content (AvgIpc) is 2.96. The first kappa shape index (κ1) is 15.3. The summed E-state index contributed by atoms with van der Waals surface area (Å²) in [5, 5.41) is 2.99. The number of sulfonamides is 1.